The summed E-state index contributed by atoms with van der Waals surface area (Å²) in [5.74, 6) is 0.267. The van der Waals surface area contributed by atoms with Gasteiger partial charge in [0, 0.05) is 31.4 Å². The minimum absolute atomic E-state index is 0.00643. The first kappa shape index (κ1) is 20.9. The maximum Gasteiger partial charge on any atom is 0.269 e. The fourth-order valence-corrected chi connectivity index (χ4v) is 3.94. The van der Waals surface area contributed by atoms with E-state index in [1.54, 1.807) is 30.3 Å². The number of amides is 1. The summed E-state index contributed by atoms with van der Waals surface area (Å²) >= 11 is 0. The molecule has 0 saturated heterocycles. The van der Waals surface area contributed by atoms with Gasteiger partial charge in [0.05, 0.1) is 15.6 Å². The summed E-state index contributed by atoms with van der Waals surface area (Å²) in [4.78, 5) is 25.7. The van der Waals surface area contributed by atoms with Crippen molar-refractivity contribution in [3.05, 3.63) is 88.2 Å². The summed E-state index contributed by atoms with van der Waals surface area (Å²) in [5.41, 5.74) is 0.563. The van der Waals surface area contributed by atoms with Gasteiger partial charge in [0.1, 0.15) is 17.2 Å². The van der Waals surface area contributed by atoms with E-state index in [-0.39, 0.29) is 27.9 Å². The summed E-state index contributed by atoms with van der Waals surface area (Å²) in [6.45, 7) is 0. The summed E-state index contributed by atoms with van der Waals surface area (Å²) in [6.07, 6.45) is 1.45. The van der Waals surface area contributed by atoms with Crippen molar-refractivity contribution >= 4 is 21.4 Å². The van der Waals surface area contributed by atoms with Gasteiger partial charge in [-0.2, -0.15) is 0 Å². The number of non-ortho nitro benzene ring substituents is 1. The molecule has 0 saturated carbocycles. The van der Waals surface area contributed by atoms with Crippen molar-refractivity contribution < 1.29 is 22.9 Å². The first-order chi connectivity index (χ1) is 14.3. The number of nitrogens with zero attached hydrogens (tertiary/aromatic N) is 2. The number of nitro benzene ring substituents is 1. The number of nitrogens with one attached hydrogen (secondary N) is 1. The van der Waals surface area contributed by atoms with Crippen LogP contribution in [0.25, 0.3) is 0 Å². The van der Waals surface area contributed by atoms with E-state index in [0.717, 1.165) is 12.1 Å². The SMILES string of the molecule is CNC(=O)c1cc(Oc2ccc(CS(=O)(=O)c3ccc([N+](=O)[O-])cc3)cc2)ccn1. The number of rotatable bonds is 7. The third-order valence-corrected chi connectivity index (χ3v) is 5.82. The van der Waals surface area contributed by atoms with Gasteiger partial charge in [0.25, 0.3) is 11.6 Å². The van der Waals surface area contributed by atoms with E-state index in [1.807, 2.05) is 0 Å². The second-order valence-electron chi connectivity index (χ2n) is 6.21. The summed E-state index contributed by atoms with van der Waals surface area (Å²) in [7, 11) is -2.16. The zero-order valence-corrected chi connectivity index (χ0v) is 16.6. The van der Waals surface area contributed by atoms with E-state index in [1.165, 1.54) is 31.4 Å². The van der Waals surface area contributed by atoms with E-state index in [9.17, 15) is 23.3 Å². The molecule has 1 N–H and O–H groups in total. The van der Waals surface area contributed by atoms with Crippen LogP contribution in [-0.4, -0.2) is 31.3 Å². The van der Waals surface area contributed by atoms with Gasteiger partial charge in [0.15, 0.2) is 9.84 Å². The second-order valence-corrected chi connectivity index (χ2v) is 8.20. The van der Waals surface area contributed by atoms with E-state index in [0.29, 0.717) is 17.1 Å². The predicted molar refractivity (Wildman–Crippen MR) is 108 cm³/mol. The van der Waals surface area contributed by atoms with Gasteiger partial charge in [-0.1, -0.05) is 12.1 Å². The molecule has 3 rings (SSSR count). The molecule has 3 aromatic rings. The maximum absolute atomic E-state index is 12.5. The van der Waals surface area contributed by atoms with E-state index < -0.39 is 14.8 Å². The van der Waals surface area contributed by atoms with Crippen molar-refractivity contribution in [2.24, 2.45) is 0 Å². The fourth-order valence-electron chi connectivity index (χ4n) is 2.59. The average molecular weight is 427 g/mol. The molecule has 0 atom stereocenters. The van der Waals surface area contributed by atoms with Gasteiger partial charge in [-0.15, -0.1) is 0 Å². The van der Waals surface area contributed by atoms with Crippen LogP contribution in [0, 0.1) is 10.1 Å². The predicted octanol–water partition coefficient (Wildman–Crippen LogP) is 3.12. The van der Waals surface area contributed by atoms with Crippen molar-refractivity contribution in [2.75, 3.05) is 7.05 Å². The topological polar surface area (TPSA) is 128 Å². The molecule has 2 aromatic carbocycles. The number of pyridine rings is 1. The number of hydrogen-bond acceptors (Lipinski definition) is 7. The maximum atomic E-state index is 12.5. The van der Waals surface area contributed by atoms with E-state index in [4.69, 9.17) is 4.74 Å². The van der Waals surface area contributed by atoms with Gasteiger partial charge in [-0.3, -0.25) is 19.9 Å². The number of carbonyl (C=O) groups is 1. The van der Waals surface area contributed by atoms with Crippen molar-refractivity contribution in [2.45, 2.75) is 10.6 Å². The Balaban J connectivity index is 1.71. The molecule has 9 nitrogen and oxygen atoms in total. The average Bonchev–Trinajstić information content (AvgIpc) is 2.74. The van der Waals surface area contributed by atoms with Crippen LogP contribution in [-0.2, 0) is 15.6 Å². The fraction of sp³-hybridized carbons (Fsp3) is 0.100. The number of benzene rings is 2. The van der Waals surface area contributed by atoms with Crippen LogP contribution in [0.5, 0.6) is 11.5 Å². The molecule has 0 spiro atoms. The van der Waals surface area contributed by atoms with Crippen LogP contribution in [0.15, 0.2) is 71.8 Å². The van der Waals surface area contributed by atoms with Crippen LogP contribution < -0.4 is 10.1 Å². The highest BCUT2D eigenvalue weighted by Gasteiger charge is 2.17. The first-order valence-electron chi connectivity index (χ1n) is 8.70. The summed E-state index contributed by atoms with van der Waals surface area (Å²) in [6, 6.07) is 14.3. The largest absolute Gasteiger partial charge is 0.457 e. The second kappa shape index (κ2) is 8.70. The highest BCUT2D eigenvalue weighted by atomic mass is 32.2. The summed E-state index contributed by atoms with van der Waals surface area (Å²) in [5, 5.41) is 13.2. The van der Waals surface area contributed by atoms with Crippen LogP contribution in [0.3, 0.4) is 0 Å². The number of hydrogen-bond donors (Lipinski definition) is 1. The van der Waals surface area contributed by atoms with Gasteiger partial charge in [-0.05, 0) is 35.9 Å². The van der Waals surface area contributed by atoms with Crippen molar-refractivity contribution in [1.29, 1.82) is 0 Å². The molecular weight excluding hydrogens is 410 g/mol. The number of sulfone groups is 1. The molecule has 1 aromatic heterocycles. The lowest BCUT2D eigenvalue weighted by Crippen LogP contribution is -2.18. The minimum Gasteiger partial charge on any atom is -0.457 e. The van der Waals surface area contributed by atoms with Crippen LogP contribution in [0.4, 0.5) is 5.69 Å². The van der Waals surface area contributed by atoms with Crippen molar-refractivity contribution in [1.82, 2.24) is 10.3 Å². The molecule has 10 heteroatoms. The Hall–Kier alpha value is -3.79. The molecule has 0 radical (unpaired) electrons. The number of nitro groups is 1. The molecule has 0 aliphatic carbocycles. The van der Waals surface area contributed by atoms with E-state index >= 15 is 0 Å². The Morgan fingerprint density at radius 2 is 1.73 bits per heavy atom. The third-order valence-electron chi connectivity index (χ3n) is 4.11. The first-order valence-corrected chi connectivity index (χ1v) is 10.4. The third kappa shape index (κ3) is 4.97. The molecule has 0 aliphatic rings. The Kier molecular flexibility index (Phi) is 6.07. The van der Waals surface area contributed by atoms with Gasteiger partial charge < -0.3 is 10.1 Å². The number of ether oxygens (including phenoxy) is 1. The molecule has 0 bridgehead atoms. The smallest absolute Gasteiger partial charge is 0.269 e. The molecular formula is C20H17N3O6S. The van der Waals surface area contributed by atoms with Crippen LogP contribution in [0.1, 0.15) is 16.1 Å². The van der Waals surface area contributed by atoms with Gasteiger partial charge in [0.2, 0.25) is 0 Å². The van der Waals surface area contributed by atoms with E-state index in [2.05, 4.69) is 10.3 Å². The lowest BCUT2D eigenvalue weighted by atomic mass is 10.2. The normalized spacial score (nSPS) is 11.0. The molecule has 0 unspecified atom stereocenters. The molecule has 154 valence electrons. The quantitative estimate of drug-likeness (QED) is 0.453. The Morgan fingerprint density at radius 3 is 2.33 bits per heavy atom. The highest BCUT2D eigenvalue weighted by molar-refractivity contribution is 7.90. The Morgan fingerprint density at radius 1 is 1.07 bits per heavy atom. The minimum atomic E-state index is -3.66. The Bertz CT molecular complexity index is 1180. The Labute approximate surface area is 172 Å². The van der Waals surface area contributed by atoms with Gasteiger partial charge in [-0.25, -0.2) is 8.42 Å². The molecule has 30 heavy (non-hydrogen) atoms. The number of carbonyl (C=O) groups excluding carboxylic acids is 1. The zero-order chi connectivity index (χ0) is 21.7. The van der Waals surface area contributed by atoms with Crippen molar-refractivity contribution in [3.8, 4) is 11.5 Å². The standard InChI is InChI=1S/C20H17N3O6S/c1-21-20(24)19-12-17(10-11-22-19)29-16-6-2-14(3-7-16)13-30(27,28)18-8-4-15(5-9-18)23(25)26/h2-12H,13H2,1H3,(H,21,24). The monoisotopic (exact) mass is 427 g/mol. The lowest BCUT2D eigenvalue weighted by molar-refractivity contribution is -0.384. The summed E-state index contributed by atoms with van der Waals surface area (Å²) < 4.78 is 30.8. The van der Waals surface area contributed by atoms with Gasteiger partial charge >= 0.3 is 0 Å². The van der Waals surface area contributed by atoms with Crippen molar-refractivity contribution in [3.63, 3.8) is 0 Å². The molecule has 0 aliphatic heterocycles. The number of aromatic nitrogens is 1. The molecule has 1 amide bonds. The van der Waals surface area contributed by atoms with Crippen LogP contribution >= 0.6 is 0 Å². The molecule has 1 heterocycles. The zero-order valence-electron chi connectivity index (χ0n) is 15.8. The lowest BCUT2D eigenvalue weighted by Gasteiger charge is -2.08. The molecule has 0 fully saturated rings. The highest BCUT2D eigenvalue weighted by Crippen LogP contribution is 2.24. The van der Waals surface area contributed by atoms with Crippen LogP contribution in [0.2, 0.25) is 0 Å².